The van der Waals surface area contributed by atoms with Gasteiger partial charge in [0, 0.05) is 24.3 Å². The van der Waals surface area contributed by atoms with E-state index in [-0.39, 0.29) is 17.4 Å². The van der Waals surface area contributed by atoms with Crippen LogP contribution in [0, 0.1) is 0 Å². The molecule has 24 heavy (non-hydrogen) atoms. The summed E-state index contributed by atoms with van der Waals surface area (Å²) in [4.78, 5) is 6.82. The molecule has 1 aromatic carbocycles. The number of piperidine rings is 1. The molecule has 4 rings (SSSR count). The summed E-state index contributed by atoms with van der Waals surface area (Å²) in [6.07, 6.45) is 4.38. The molecule has 0 saturated carbocycles. The van der Waals surface area contributed by atoms with Crippen molar-refractivity contribution in [3.63, 3.8) is 0 Å². The second-order valence-corrected chi connectivity index (χ2v) is 8.88. The molecule has 2 fully saturated rings. The summed E-state index contributed by atoms with van der Waals surface area (Å²) in [6.45, 7) is 2.23. The summed E-state index contributed by atoms with van der Waals surface area (Å²) in [5, 5.41) is 4.03. The largest absolute Gasteiger partial charge is 0.372 e. The van der Waals surface area contributed by atoms with Crippen LogP contribution in [0.1, 0.15) is 37.5 Å². The second kappa shape index (κ2) is 6.20. The Morgan fingerprint density at radius 1 is 1.08 bits per heavy atom. The monoisotopic (exact) mass is 347 g/mol. The molecule has 2 aliphatic rings. The van der Waals surface area contributed by atoms with Crippen LogP contribution in [0.3, 0.4) is 0 Å². The Hall–Kier alpha value is -1.89. The van der Waals surface area contributed by atoms with Gasteiger partial charge >= 0.3 is 0 Å². The van der Waals surface area contributed by atoms with E-state index in [1.165, 1.54) is 24.9 Å². The molecule has 2 aromatic rings. The predicted octanol–water partition coefficient (Wildman–Crippen LogP) is 2.63. The van der Waals surface area contributed by atoms with Crippen molar-refractivity contribution in [2.75, 3.05) is 29.5 Å². The van der Waals surface area contributed by atoms with Crippen molar-refractivity contribution < 1.29 is 12.9 Å². The predicted molar refractivity (Wildman–Crippen MR) is 91.8 cm³/mol. The van der Waals surface area contributed by atoms with E-state index in [2.05, 4.69) is 27.2 Å². The van der Waals surface area contributed by atoms with Crippen molar-refractivity contribution in [3.8, 4) is 11.4 Å². The van der Waals surface area contributed by atoms with Crippen LogP contribution in [0.15, 0.2) is 28.8 Å². The van der Waals surface area contributed by atoms with E-state index in [1.807, 2.05) is 12.1 Å². The van der Waals surface area contributed by atoms with Crippen LogP contribution in [-0.4, -0.2) is 43.2 Å². The molecule has 0 unspecified atom stereocenters. The average Bonchev–Trinajstić information content (AvgIpc) is 3.22. The molecular weight excluding hydrogens is 326 g/mol. The maximum Gasteiger partial charge on any atom is 0.231 e. The van der Waals surface area contributed by atoms with E-state index < -0.39 is 9.84 Å². The first-order valence-electron chi connectivity index (χ1n) is 8.50. The normalized spacial score (nSPS) is 23.5. The SMILES string of the molecule is O=S1(=O)CC[C@@H](c2nc(-c3ccc(N4CCCCC4)cc3)no2)C1. The van der Waals surface area contributed by atoms with Gasteiger partial charge in [-0.1, -0.05) is 5.16 Å². The van der Waals surface area contributed by atoms with Gasteiger partial charge in [-0.3, -0.25) is 0 Å². The van der Waals surface area contributed by atoms with Crippen molar-refractivity contribution in [1.82, 2.24) is 10.1 Å². The van der Waals surface area contributed by atoms with Gasteiger partial charge in [-0.15, -0.1) is 0 Å². The van der Waals surface area contributed by atoms with E-state index in [4.69, 9.17) is 4.52 Å². The molecule has 3 heterocycles. The molecule has 1 aromatic heterocycles. The van der Waals surface area contributed by atoms with Crippen LogP contribution >= 0.6 is 0 Å². The van der Waals surface area contributed by atoms with Gasteiger partial charge < -0.3 is 9.42 Å². The zero-order valence-corrected chi connectivity index (χ0v) is 14.3. The number of sulfone groups is 1. The highest BCUT2D eigenvalue weighted by Gasteiger charge is 2.33. The highest BCUT2D eigenvalue weighted by Crippen LogP contribution is 2.30. The molecule has 0 spiro atoms. The van der Waals surface area contributed by atoms with Gasteiger partial charge in [0.15, 0.2) is 9.84 Å². The molecule has 7 heteroatoms. The molecule has 0 N–H and O–H groups in total. The summed E-state index contributed by atoms with van der Waals surface area (Å²) >= 11 is 0. The van der Waals surface area contributed by atoms with E-state index in [1.54, 1.807) is 0 Å². The topological polar surface area (TPSA) is 76.3 Å². The van der Waals surface area contributed by atoms with Crippen molar-refractivity contribution in [3.05, 3.63) is 30.2 Å². The first-order chi connectivity index (χ1) is 11.6. The van der Waals surface area contributed by atoms with Crippen molar-refractivity contribution >= 4 is 15.5 Å². The number of aromatic nitrogens is 2. The number of hydrogen-bond donors (Lipinski definition) is 0. The van der Waals surface area contributed by atoms with Crippen LogP contribution in [0.5, 0.6) is 0 Å². The quantitative estimate of drug-likeness (QED) is 0.849. The van der Waals surface area contributed by atoms with Gasteiger partial charge in [-0.2, -0.15) is 4.98 Å². The Balaban J connectivity index is 1.50. The van der Waals surface area contributed by atoms with E-state index in [0.717, 1.165) is 18.7 Å². The van der Waals surface area contributed by atoms with Gasteiger partial charge in [0.05, 0.1) is 17.4 Å². The molecular formula is C17H21N3O3S. The maximum atomic E-state index is 11.6. The zero-order chi connectivity index (χ0) is 16.6. The molecule has 2 aliphatic heterocycles. The highest BCUT2D eigenvalue weighted by atomic mass is 32.2. The third-order valence-corrected chi connectivity index (χ3v) is 6.64. The Morgan fingerprint density at radius 3 is 2.50 bits per heavy atom. The van der Waals surface area contributed by atoms with Gasteiger partial charge in [-0.05, 0) is 49.9 Å². The Labute approximate surface area is 141 Å². The minimum atomic E-state index is -2.95. The fraction of sp³-hybridized carbons (Fsp3) is 0.529. The fourth-order valence-electron chi connectivity index (χ4n) is 3.48. The lowest BCUT2D eigenvalue weighted by molar-refractivity contribution is 0.361. The summed E-state index contributed by atoms with van der Waals surface area (Å²) in [7, 11) is -2.95. The first kappa shape index (κ1) is 15.6. The van der Waals surface area contributed by atoms with Crippen LogP contribution in [0.4, 0.5) is 5.69 Å². The van der Waals surface area contributed by atoms with Gasteiger partial charge in [0.2, 0.25) is 11.7 Å². The zero-order valence-electron chi connectivity index (χ0n) is 13.5. The lowest BCUT2D eigenvalue weighted by Gasteiger charge is -2.28. The first-order valence-corrected chi connectivity index (χ1v) is 10.3. The van der Waals surface area contributed by atoms with Crippen LogP contribution in [-0.2, 0) is 9.84 Å². The third-order valence-electron chi connectivity index (χ3n) is 4.87. The molecule has 6 nitrogen and oxygen atoms in total. The number of nitrogens with zero attached hydrogens (tertiary/aromatic N) is 3. The minimum Gasteiger partial charge on any atom is -0.372 e. The molecule has 128 valence electrons. The van der Waals surface area contributed by atoms with Crippen LogP contribution in [0.25, 0.3) is 11.4 Å². The maximum absolute atomic E-state index is 11.6. The highest BCUT2D eigenvalue weighted by molar-refractivity contribution is 7.91. The molecule has 1 atom stereocenters. The van der Waals surface area contributed by atoms with Crippen molar-refractivity contribution in [2.24, 2.45) is 0 Å². The van der Waals surface area contributed by atoms with Gasteiger partial charge in [0.1, 0.15) is 0 Å². The number of hydrogen-bond acceptors (Lipinski definition) is 6. The van der Waals surface area contributed by atoms with E-state index in [9.17, 15) is 8.42 Å². The Kier molecular flexibility index (Phi) is 4.04. The third kappa shape index (κ3) is 3.17. The van der Waals surface area contributed by atoms with Crippen LogP contribution < -0.4 is 4.90 Å². The van der Waals surface area contributed by atoms with Crippen LogP contribution in [0.2, 0.25) is 0 Å². The van der Waals surface area contributed by atoms with Gasteiger partial charge in [-0.25, -0.2) is 8.42 Å². The van der Waals surface area contributed by atoms with Gasteiger partial charge in [0.25, 0.3) is 0 Å². The smallest absolute Gasteiger partial charge is 0.231 e. The summed E-state index contributed by atoms with van der Waals surface area (Å²) in [6, 6.07) is 8.20. The number of benzene rings is 1. The Morgan fingerprint density at radius 2 is 1.83 bits per heavy atom. The summed E-state index contributed by atoms with van der Waals surface area (Å²) in [5.41, 5.74) is 2.12. The molecule has 0 amide bonds. The molecule has 2 saturated heterocycles. The Bertz CT molecular complexity index is 808. The van der Waals surface area contributed by atoms with E-state index in [0.29, 0.717) is 18.1 Å². The lowest BCUT2D eigenvalue weighted by atomic mass is 10.1. The molecule has 0 aliphatic carbocycles. The fourth-order valence-corrected chi connectivity index (χ4v) is 5.21. The summed E-state index contributed by atoms with van der Waals surface area (Å²) < 4.78 is 28.5. The summed E-state index contributed by atoms with van der Waals surface area (Å²) in [5.74, 6) is 1.12. The number of rotatable bonds is 3. The molecule has 0 bridgehead atoms. The van der Waals surface area contributed by atoms with E-state index >= 15 is 0 Å². The lowest BCUT2D eigenvalue weighted by Crippen LogP contribution is -2.29. The molecule has 0 radical (unpaired) electrons. The second-order valence-electron chi connectivity index (χ2n) is 6.65. The van der Waals surface area contributed by atoms with Crippen molar-refractivity contribution in [1.29, 1.82) is 0 Å². The number of anilines is 1. The standard InChI is InChI=1S/C17H21N3O3S/c21-24(22)11-8-14(12-24)17-18-16(19-23-17)13-4-6-15(7-5-13)20-9-2-1-3-10-20/h4-7,14H,1-3,8-12H2/t14-/m1/s1. The average molecular weight is 347 g/mol. The van der Waals surface area contributed by atoms with Crippen molar-refractivity contribution in [2.45, 2.75) is 31.6 Å². The minimum absolute atomic E-state index is 0.114.